The molecule has 0 spiro atoms. The van der Waals surface area contributed by atoms with Gasteiger partial charge in [-0.1, -0.05) is 11.6 Å². The van der Waals surface area contributed by atoms with Crippen LogP contribution in [0.4, 0.5) is 5.69 Å². The van der Waals surface area contributed by atoms with E-state index in [0.717, 1.165) is 18.1 Å². The van der Waals surface area contributed by atoms with Crippen LogP contribution in [0.3, 0.4) is 0 Å². The summed E-state index contributed by atoms with van der Waals surface area (Å²) in [4.78, 5) is 2.45. The number of halogens is 1. The predicted octanol–water partition coefficient (Wildman–Crippen LogP) is 2.53. The highest BCUT2D eigenvalue weighted by Gasteiger charge is 2.24. The highest BCUT2D eigenvalue weighted by Crippen LogP contribution is 2.23. The molecule has 82 valence electrons. The number of nitrogens with zero attached hydrogens (tertiary/aromatic N) is 1. The van der Waals surface area contributed by atoms with Crippen LogP contribution >= 0.6 is 11.6 Å². The fourth-order valence-corrected chi connectivity index (χ4v) is 2.38. The van der Waals surface area contributed by atoms with Crippen molar-refractivity contribution in [3.63, 3.8) is 0 Å². The van der Waals surface area contributed by atoms with Gasteiger partial charge in [-0.2, -0.15) is 0 Å². The molecule has 0 radical (unpaired) electrons. The maximum atomic E-state index is 5.89. The number of hydrogen-bond acceptors (Lipinski definition) is 2. The second-order valence-electron chi connectivity index (χ2n) is 4.24. The van der Waals surface area contributed by atoms with Crippen molar-refractivity contribution in [1.29, 1.82) is 0 Å². The van der Waals surface area contributed by atoms with E-state index in [0.29, 0.717) is 12.1 Å². The van der Waals surface area contributed by atoms with Crippen LogP contribution in [0.25, 0.3) is 0 Å². The normalized spacial score (nSPS) is 26.7. The first-order chi connectivity index (χ1) is 7.18. The molecule has 0 saturated carbocycles. The Hall–Kier alpha value is -0.730. The zero-order valence-corrected chi connectivity index (χ0v) is 9.96. The first-order valence-corrected chi connectivity index (χ1v) is 5.81. The van der Waals surface area contributed by atoms with Crippen LogP contribution in [-0.4, -0.2) is 25.2 Å². The van der Waals surface area contributed by atoms with Crippen molar-refractivity contribution in [2.45, 2.75) is 25.9 Å². The summed E-state index contributed by atoms with van der Waals surface area (Å²) in [6.07, 6.45) is 0. The second-order valence-corrected chi connectivity index (χ2v) is 4.68. The minimum absolute atomic E-state index is 0.537. The average Bonchev–Trinajstić information content (AvgIpc) is 2.20. The average molecular weight is 225 g/mol. The number of nitrogens with one attached hydrogen (secondary N) is 1. The van der Waals surface area contributed by atoms with E-state index in [1.54, 1.807) is 0 Å². The third-order valence-corrected chi connectivity index (χ3v) is 3.21. The highest BCUT2D eigenvalue weighted by atomic mass is 35.5. The van der Waals surface area contributed by atoms with E-state index >= 15 is 0 Å². The highest BCUT2D eigenvalue weighted by molar-refractivity contribution is 6.30. The van der Waals surface area contributed by atoms with Gasteiger partial charge in [0.25, 0.3) is 0 Å². The summed E-state index contributed by atoms with van der Waals surface area (Å²) >= 11 is 5.89. The van der Waals surface area contributed by atoms with E-state index in [-0.39, 0.29) is 0 Å². The van der Waals surface area contributed by atoms with Gasteiger partial charge >= 0.3 is 0 Å². The fraction of sp³-hybridized carbons (Fsp3) is 0.500. The van der Waals surface area contributed by atoms with Gasteiger partial charge < -0.3 is 10.2 Å². The van der Waals surface area contributed by atoms with Crippen molar-refractivity contribution < 1.29 is 0 Å². The molecule has 3 heteroatoms. The SMILES string of the molecule is C[C@H]1CNC[C@H](C)N1c1ccc(Cl)cc1. The zero-order chi connectivity index (χ0) is 10.8. The molecule has 2 rings (SSSR count). The predicted molar refractivity (Wildman–Crippen MR) is 65.7 cm³/mol. The van der Waals surface area contributed by atoms with Crippen molar-refractivity contribution >= 4 is 17.3 Å². The summed E-state index contributed by atoms with van der Waals surface area (Å²) in [5.41, 5.74) is 1.26. The second kappa shape index (κ2) is 4.42. The van der Waals surface area contributed by atoms with Crippen molar-refractivity contribution in [2.75, 3.05) is 18.0 Å². The van der Waals surface area contributed by atoms with Gasteiger partial charge in [0.2, 0.25) is 0 Å². The molecule has 1 fully saturated rings. The fourth-order valence-electron chi connectivity index (χ4n) is 2.25. The van der Waals surface area contributed by atoms with Crippen molar-refractivity contribution in [3.8, 4) is 0 Å². The summed E-state index contributed by atoms with van der Waals surface area (Å²) in [7, 11) is 0. The Kier molecular flexibility index (Phi) is 3.17. The molecule has 0 unspecified atom stereocenters. The number of anilines is 1. The Morgan fingerprint density at radius 1 is 1.13 bits per heavy atom. The molecule has 2 nitrogen and oxygen atoms in total. The van der Waals surface area contributed by atoms with Crippen LogP contribution < -0.4 is 10.2 Å². The molecule has 1 aliphatic rings. The monoisotopic (exact) mass is 224 g/mol. The van der Waals surface area contributed by atoms with E-state index in [9.17, 15) is 0 Å². The van der Waals surface area contributed by atoms with E-state index in [1.807, 2.05) is 12.1 Å². The Morgan fingerprint density at radius 2 is 1.67 bits per heavy atom. The van der Waals surface area contributed by atoms with Crippen molar-refractivity contribution in [2.24, 2.45) is 0 Å². The van der Waals surface area contributed by atoms with E-state index in [2.05, 4.69) is 36.2 Å². The molecule has 0 aliphatic carbocycles. The molecular formula is C12H17ClN2. The van der Waals surface area contributed by atoms with Crippen molar-refractivity contribution in [3.05, 3.63) is 29.3 Å². The Balaban J connectivity index is 2.23. The van der Waals surface area contributed by atoms with Gasteiger partial charge in [0.1, 0.15) is 0 Å². The van der Waals surface area contributed by atoms with Gasteiger partial charge in [0.05, 0.1) is 0 Å². The van der Waals surface area contributed by atoms with E-state index in [4.69, 9.17) is 11.6 Å². The summed E-state index contributed by atoms with van der Waals surface area (Å²) < 4.78 is 0. The third-order valence-electron chi connectivity index (χ3n) is 2.95. The summed E-state index contributed by atoms with van der Waals surface area (Å²) in [5.74, 6) is 0. The van der Waals surface area contributed by atoms with Crippen LogP contribution in [-0.2, 0) is 0 Å². The lowest BCUT2D eigenvalue weighted by atomic mass is 10.1. The van der Waals surface area contributed by atoms with Gasteiger partial charge in [-0.25, -0.2) is 0 Å². The topological polar surface area (TPSA) is 15.3 Å². The van der Waals surface area contributed by atoms with Gasteiger partial charge in [-0.05, 0) is 38.1 Å². The lowest BCUT2D eigenvalue weighted by molar-refractivity contribution is 0.432. The maximum Gasteiger partial charge on any atom is 0.0407 e. The third kappa shape index (κ3) is 2.27. The minimum atomic E-state index is 0.537. The molecule has 15 heavy (non-hydrogen) atoms. The zero-order valence-electron chi connectivity index (χ0n) is 9.20. The summed E-state index contributed by atoms with van der Waals surface area (Å²) in [6.45, 7) is 6.59. The Morgan fingerprint density at radius 3 is 2.20 bits per heavy atom. The van der Waals surface area contributed by atoms with E-state index in [1.165, 1.54) is 5.69 Å². The first kappa shape index (κ1) is 10.8. The lowest BCUT2D eigenvalue weighted by Gasteiger charge is -2.41. The number of benzene rings is 1. The molecule has 0 aromatic heterocycles. The molecule has 1 saturated heterocycles. The minimum Gasteiger partial charge on any atom is -0.364 e. The molecule has 1 aromatic carbocycles. The molecule has 1 N–H and O–H groups in total. The smallest absolute Gasteiger partial charge is 0.0407 e. The summed E-state index contributed by atoms with van der Waals surface area (Å²) in [6, 6.07) is 9.18. The van der Waals surface area contributed by atoms with Gasteiger partial charge in [-0.15, -0.1) is 0 Å². The maximum absolute atomic E-state index is 5.89. The molecule has 1 aromatic rings. The molecule has 0 amide bonds. The van der Waals surface area contributed by atoms with Crippen LogP contribution in [0.15, 0.2) is 24.3 Å². The standard InChI is InChI=1S/C12H17ClN2/c1-9-7-14-8-10(2)15(9)12-5-3-11(13)4-6-12/h3-6,9-10,14H,7-8H2,1-2H3/t9-,10-/m0/s1. The van der Waals surface area contributed by atoms with Crippen LogP contribution in [0, 0.1) is 0 Å². The molecule has 1 aliphatic heterocycles. The van der Waals surface area contributed by atoms with Crippen LogP contribution in [0.1, 0.15) is 13.8 Å². The number of rotatable bonds is 1. The quantitative estimate of drug-likeness (QED) is 0.789. The molecule has 1 heterocycles. The van der Waals surface area contributed by atoms with Crippen LogP contribution in [0.2, 0.25) is 5.02 Å². The van der Waals surface area contributed by atoms with Gasteiger partial charge in [-0.3, -0.25) is 0 Å². The largest absolute Gasteiger partial charge is 0.364 e. The molecule has 2 atom stereocenters. The van der Waals surface area contributed by atoms with Gasteiger partial charge in [0, 0.05) is 35.9 Å². The van der Waals surface area contributed by atoms with Gasteiger partial charge in [0.15, 0.2) is 0 Å². The molecular weight excluding hydrogens is 208 g/mol. The molecule has 0 bridgehead atoms. The number of hydrogen-bond donors (Lipinski definition) is 1. The number of piperazine rings is 1. The van der Waals surface area contributed by atoms with Crippen molar-refractivity contribution in [1.82, 2.24) is 5.32 Å². The lowest BCUT2D eigenvalue weighted by Crippen LogP contribution is -2.55. The Bertz CT molecular complexity index is 313. The summed E-state index contributed by atoms with van der Waals surface area (Å²) in [5, 5.41) is 4.23. The Labute approximate surface area is 96.2 Å². The van der Waals surface area contributed by atoms with Crippen LogP contribution in [0.5, 0.6) is 0 Å². The van der Waals surface area contributed by atoms with E-state index < -0.39 is 0 Å². The first-order valence-electron chi connectivity index (χ1n) is 5.43.